The number of likely N-dealkylation sites (N-methyl/N-ethyl adjacent to an activating group) is 1. The third-order valence-electron chi connectivity index (χ3n) is 4.66. The van der Waals surface area contributed by atoms with Crippen molar-refractivity contribution in [2.45, 2.75) is 25.2 Å². The molecule has 2 atom stereocenters. The summed E-state index contributed by atoms with van der Waals surface area (Å²) in [6, 6.07) is 18.1. The summed E-state index contributed by atoms with van der Waals surface area (Å²) in [7, 11) is 0. The van der Waals surface area contributed by atoms with Crippen molar-refractivity contribution < 1.29 is 14.6 Å². The fraction of sp³-hybridized carbons (Fsp3) is 0.350. The second kappa shape index (κ2) is 7.26. The lowest BCUT2D eigenvalue weighted by Gasteiger charge is -2.46. The van der Waals surface area contributed by atoms with Crippen LogP contribution in [0.5, 0.6) is 0 Å². The lowest BCUT2D eigenvalue weighted by Crippen LogP contribution is -2.58. The van der Waals surface area contributed by atoms with Gasteiger partial charge < -0.3 is 9.84 Å². The van der Waals surface area contributed by atoms with Crippen LogP contribution in [0.25, 0.3) is 0 Å². The summed E-state index contributed by atoms with van der Waals surface area (Å²) in [6.45, 7) is 3.94. The van der Waals surface area contributed by atoms with E-state index in [1.807, 2.05) is 67.6 Å². The Morgan fingerprint density at radius 3 is 2.42 bits per heavy atom. The Morgan fingerprint density at radius 2 is 1.79 bits per heavy atom. The lowest BCUT2D eigenvalue weighted by molar-refractivity contribution is -0.277. The number of hydrogen-bond donors (Lipinski definition) is 1. The summed E-state index contributed by atoms with van der Waals surface area (Å²) < 4.78 is 5.79. The number of nitrogens with zero attached hydrogens (tertiary/aromatic N) is 1. The fourth-order valence-electron chi connectivity index (χ4n) is 3.33. The topological polar surface area (TPSA) is 49.8 Å². The van der Waals surface area contributed by atoms with Crippen molar-refractivity contribution in [3.63, 3.8) is 0 Å². The molecule has 0 radical (unpaired) electrons. The van der Waals surface area contributed by atoms with E-state index in [9.17, 15) is 9.90 Å². The number of Topliss-reactive ketones (excluding diaryl/α,β-unsaturated/α-hetero) is 1. The van der Waals surface area contributed by atoms with Crippen LogP contribution in [0.3, 0.4) is 0 Å². The maximum atomic E-state index is 12.7. The number of rotatable bonds is 5. The van der Waals surface area contributed by atoms with E-state index in [-0.39, 0.29) is 12.2 Å². The van der Waals surface area contributed by atoms with Gasteiger partial charge in [0.05, 0.1) is 12.6 Å². The highest BCUT2D eigenvalue weighted by Gasteiger charge is 2.46. The molecule has 4 heteroatoms. The molecule has 2 aromatic rings. The van der Waals surface area contributed by atoms with Crippen molar-refractivity contribution >= 4 is 5.78 Å². The van der Waals surface area contributed by atoms with E-state index in [1.54, 1.807) is 0 Å². The Morgan fingerprint density at radius 1 is 1.17 bits per heavy atom. The van der Waals surface area contributed by atoms with Crippen LogP contribution in [-0.2, 0) is 10.5 Å². The average molecular weight is 325 g/mol. The van der Waals surface area contributed by atoms with Gasteiger partial charge in [-0.15, -0.1) is 0 Å². The molecule has 0 spiro atoms. The Balaban J connectivity index is 1.91. The molecule has 0 aliphatic carbocycles. The molecule has 0 amide bonds. The van der Waals surface area contributed by atoms with E-state index < -0.39 is 11.8 Å². The van der Waals surface area contributed by atoms with Crippen LogP contribution in [-0.4, -0.2) is 41.5 Å². The second-order valence-corrected chi connectivity index (χ2v) is 6.05. The first-order valence-corrected chi connectivity index (χ1v) is 8.39. The molecule has 1 aliphatic rings. The van der Waals surface area contributed by atoms with Crippen LogP contribution in [0, 0.1) is 0 Å². The quantitative estimate of drug-likeness (QED) is 0.859. The average Bonchev–Trinajstić information content (AvgIpc) is 2.64. The minimum atomic E-state index is -1.47. The SMILES string of the molecule is CCN1CCOC(O)(c2ccccc2)C1CC(=O)c1ccccc1. The molecule has 0 bridgehead atoms. The van der Waals surface area contributed by atoms with Gasteiger partial charge in [-0.3, -0.25) is 9.69 Å². The zero-order chi connectivity index (χ0) is 17.0. The molecule has 2 aromatic carbocycles. The van der Waals surface area contributed by atoms with Gasteiger partial charge in [0, 0.05) is 24.1 Å². The molecular weight excluding hydrogens is 302 g/mol. The highest BCUT2D eigenvalue weighted by molar-refractivity contribution is 5.96. The first-order valence-electron chi connectivity index (χ1n) is 8.39. The molecule has 126 valence electrons. The van der Waals surface area contributed by atoms with Crippen molar-refractivity contribution in [3.8, 4) is 0 Å². The van der Waals surface area contributed by atoms with E-state index in [4.69, 9.17) is 4.74 Å². The van der Waals surface area contributed by atoms with Gasteiger partial charge in [-0.1, -0.05) is 67.6 Å². The minimum absolute atomic E-state index is 0.0129. The Labute approximate surface area is 142 Å². The van der Waals surface area contributed by atoms with Gasteiger partial charge in [0.2, 0.25) is 5.79 Å². The molecule has 1 saturated heterocycles. The number of carbonyl (C=O) groups excluding carboxylic acids is 1. The van der Waals surface area contributed by atoms with E-state index >= 15 is 0 Å². The summed E-state index contributed by atoms with van der Waals surface area (Å²) >= 11 is 0. The van der Waals surface area contributed by atoms with E-state index in [2.05, 4.69) is 4.90 Å². The summed E-state index contributed by atoms with van der Waals surface area (Å²) in [4.78, 5) is 14.8. The van der Waals surface area contributed by atoms with Gasteiger partial charge in [0.15, 0.2) is 5.78 Å². The largest absolute Gasteiger partial charge is 0.361 e. The first-order chi connectivity index (χ1) is 11.6. The Bertz CT molecular complexity index is 674. The number of ether oxygens (including phenoxy) is 1. The zero-order valence-electron chi connectivity index (χ0n) is 13.9. The molecule has 1 N–H and O–H groups in total. The molecule has 2 unspecified atom stereocenters. The van der Waals surface area contributed by atoms with Gasteiger partial charge in [-0.2, -0.15) is 0 Å². The fourth-order valence-corrected chi connectivity index (χ4v) is 3.33. The van der Waals surface area contributed by atoms with E-state index in [0.717, 1.165) is 6.54 Å². The van der Waals surface area contributed by atoms with Crippen LogP contribution < -0.4 is 0 Å². The Hall–Kier alpha value is -2.01. The molecule has 0 saturated carbocycles. The second-order valence-electron chi connectivity index (χ2n) is 6.05. The highest BCUT2D eigenvalue weighted by atomic mass is 16.6. The number of ketones is 1. The lowest BCUT2D eigenvalue weighted by atomic mass is 9.89. The van der Waals surface area contributed by atoms with E-state index in [0.29, 0.717) is 24.3 Å². The molecule has 1 aliphatic heterocycles. The van der Waals surface area contributed by atoms with Gasteiger partial charge in [-0.05, 0) is 6.54 Å². The molecular formula is C20H23NO3. The Kier molecular flexibility index (Phi) is 5.09. The maximum Gasteiger partial charge on any atom is 0.208 e. The molecule has 24 heavy (non-hydrogen) atoms. The van der Waals surface area contributed by atoms with Gasteiger partial charge in [0.25, 0.3) is 0 Å². The summed E-state index contributed by atoms with van der Waals surface area (Å²) in [5.41, 5.74) is 1.35. The van der Waals surface area contributed by atoms with Crippen LogP contribution in [0.15, 0.2) is 60.7 Å². The third-order valence-corrected chi connectivity index (χ3v) is 4.66. The molecule has 0 aromatic heterocycles. The van der Waals surface area contributed by atoms with Gasteiger partial charge >= 0.3 is 0 Å². The summed E-state index contributed by atoms with van der Waals surface area (Å²) in [5, 5.41) is 11.3. The van der Waals surface area contributed by atoms with Crippen LogP contribution in [0.4, 0.5) is 0 Å². The van der Waals surface area contributed by atoms with Gasteiger partial charge in [-0.25, -0.2) is 0 Å². The molecule has 1 heterocycles. The molecule has 1 fully saturated rings. The van der Waals surface area contributed by atoms with Crippen molar-refractivity contribution in [1.29, 1.82) is 0 Å². The van der Waals surface area contributed by atoms with E-state index in [1.165, 1.54) is 0 Å². The smallest absolute Gasteiger partial charge is 0.208 e. The van der Waals surface area contributed by atoms with Crippen molar-refractivity contribution in [2.75, 3.05) is 19.7 Å². The van der Waals surface area contributed by atoms with Crippen LogP contribution >= 0.6 is 0 Å². The van der Waals surface area contributed by atoms with Crippen molar-refractivity contribution in [2.24, 2.45) is 0 Å². The first kappa shape index (κ1) is 16.8. The van der Waals surface area contributed by atoms with Crippen LogP contribution in [0.1, 0.15) is 29.3 Å². The molecule has 4 nitrogen and oxygen atoms in total. The predicted octanol–water partition coefficient (Wildman–Crippen LogP) is 2.83. The van der Waals surface area contributed by atoms with Gasteiger partial charge in [0.1, 0.15) is 0 Å². The van der Waals surface area contributed by atoms with Crippen molar-refractivity contribution in [1.82, 2.24) is 4.90 Å². The summed E-state index contributed by atoms with van der Waals surface area (Å²) in [5.74, 6) is -1.46. The number of carbonyl (C=O) groups is 1. The number of morpholine rings is 1. The standard InChI is InChI=1S/C20H23NO3/c1-2-21-13-14-24-20(23,17-11-7-4-8-12-17)19(21)15-18(22)16-9-5-3-6-10-16/h3-12,19,23H,2,13-15H2,1H3. The molecule has 3 rings (SSSR count). The number of hydrogen-bond acceptors (Lipinski definition) is 4. The predicted molar refractivity (Wildman–Crippen MR) is 92.7 cm³/mol. The highest BCUT2D eigenvalue weighted by Crippen LogP contribution is 2.35. The maximum absolute atomic E-state index is 12.7. The zero-order valence-corrected chi connectivity index (χ0v) is 13.9. The monoisotopic (exact) mass is 325 g/mol. The third kappa shape index (κ3) is 3.26. The van der Waals surface area contributed by atoms with Crippen molar-refractivity contribution in [3.05, 3.63) is 71.8 Å². The minimum Gasteiger partial charge on any atom is -0.361 e. The number of benzene rings is 2. The van der Waals surface area contributed by atoms with Crippen LogP contribution in [0.2, 0.25) is 0 Å². The number of aliphatic hydroxyl groups is 1. The summed E-state index contributed by atoms with van der Waals surface area (Å²) in [6.07, 6.45) is 0.212. The normalized spacial score (nSPS) is 24.7.